The summed E-state index contributed by atoms with van der Waals surface area (Å²) in [6.45, 7) is 1.73. The van der Waals surface area contributed by atoms with Crippen LogP contribution in [0.2, 0.25) is 5.02 Å². The number of hydrogen-bond donors (Lipinski definition) is 1. The van der Waals surface area contributed by atoms with Gasteiger partial charge in [-0.15, -0.1) is 0 Å². The van der Waals surface area contributed by atoms with Crippen LogP contribution in [0.3, 0.4) is 0 Å². The van der Waals surface area contributed by atoms with Gasteiger partial charge in [-0.05, 0) is 31.2 Å². The molecule has 0 saturated heterocycles. The van der Waals surface area contributed by atoms with E-state index in [0.717, 1.165) is 16.5 Å². The SMILES string of the molecule is Cc1ccc(NC(=O)CN(C)C(=O)c2c(F)cccc2Cl)cc1. The van der Waals surface area contributed by atoms with Crippen LogP contribution in [0.4, 0.5) is 10.1 Å². The maximum absolute atomic E-state index is 13.8. The minimum atomic E-state index is -0.715. The van der Waals surface area contributed by atoms with Gasteiger partial charge in [0, 0.05) is 12.7 Å². The molecule has 2 aromatic rings. The molecule has 0 aliphatic carbocycles. The van der Waals surface area contributed by atoms with E-state index in [1.54, 1.807) is 12.1 Å². The molecule has 0 fully saturated rings. The highest BCUT2D eigenvalue weighted by atomic mass is 35.5. The molecule has 0 aromatic heterocycles. The molecule has 23 heavy (non-hydrogen) atoms. The van der Waals surface area contributed by atoms with Crippen LogP contribution >= 0.6 is 11.6 Å². The Bertz CT molecular complexity index is 712. The van der Waals surface area contributed by atoms with Crippen molar-refractivity contribution in [1.82, 2.24) is 4.90 Å². The average Bonchev–Trinajstić information content (AvgIpc) is 2.49. The van der Waals surface area contributed by atoms with Gasteiger partial charge in [-0.2, -0.15) is 0 Å². The molecule has 6 heteroatoms. The molecule has 0 heterocycles. The molecule has 0 aliphatic rings. The minimum Gasteiger partial charge on any atom is -0.332 e. The van der Waals surface area contributed by atoms with Gasteiger partial charge in [-0.1, -0.05) is 35.4 Å². The smallest absolute Gasteiger partial charge is 0.258 e. The molecule has 0 atom stereocenters. The maximum Gasteiger partial charge on any atom is 0.258 e. The highest BCUT2D eigenvalue weighted by Crippen LogP contribution is 2.20. The number of likely N-dealkylation sites (N-methyl/N-ethyl adjacent to an activating group) is 1. The zero-order chi connectivity index (χ0) is 17.0. The molecule has 0 unspecified atom stereocenters. The van der Waals surface area contributed by atoms with Crippen LogP contribution in [-0.4, -0.2) is 30.3 Å². The molecule has 0 aliphatic heterocycles. The number of rotatable bonds is 4. The number of hydrogen-bond acceptors (Lipinski definition) is 2. The number of amides is 2. The van der Waals surface area contributed by atoms with E-state index in [1.165, 1.54) is 19.2 Å². The van der Waals surface area contributed by atoms with E-state index in [0.29, 0.717) is 5.69 Å². The van der Waals surface area contributed by atoms with Crippen LogP contribution in [0.1, 0.15) is 15.9 Å². The first kappa shape index (κ1) is 17.0. The number of anilines is 1. The number of carbonyl (C=O) groups excluding carboxylic acids is 2. The standard InChI is InChI=1S/C17H16ClFN2O2/c1-11-6-8-12(9-7-11)20-15(22)10-21(2)17(23)16-13(18)4-3-5-14(16)19/h3-9H,10H2,1-2H3,(H,20,22). The van der Waals surface area contributed by atoms with Crippen LogP contribution in [0.5, 0.6) is 0 Å². The molecule has 0 radical (unpaired) electrons. The second-order valence-corrected chi connectivity index (χ2v) is 5.58. The summed E-state index contributed by atoms with van der Waals surface area (Å²) in [5.41, 5.74) is 1.47. The molecule has 0 saturated carbocycles. The van der Waals surface area contributed by atoms with E-state index in [1.807, 2.05) is 19.1 Å². The first-order valence-electron chi connectivity index (χ1n) is 6.94. The van der Waals surface area contributed by atoms with Crippen LogP contribution in [0, 0.1) is 12.7 Å². The van der Waals surface area contributed by atoms with E-state index >= 15 is 0 Å². The molecule has 120 valence electrons. The first-order valence-corrected chi connectivity index (χ1v) is 7.32. The lowest BCUT2D eigenvalue weighted by Gasteiger charge is -2.18. The van der Waals surface area contributed by atoms with E-state index in [-0.39, 0.29) is 23.0 Å². The summed E-state index contributed by atoms with van der Waals surface area (Å²) in [4.78, 5) is 25.3. The Morgan fingerprint density at radius 2 is 1.83 bits per heavy atom. The molecular formula is C17H16ClFN2O2. The predicted molar refractivity (Wildman–Crippen MR) is 88.2 cm³/mol. The lowest BCUT2D eigenvalue weighted by atomic mass is 10.2. The Balaban J connectivity index is 2.03. The summed E-state index contributed by atoms with van der Waals surface area (Å²) in [7, 11) is 1.42. The summed E-state index contributed by atoms with van der Waals surface area (Å²) in [6, 6.07) is 11.3. The Morgan fingerprint density at radius 3 is 2.43 bits per heavy atom. The van der Waals surface area contributed by atoms with Crippen molar-refractivity contribution in [3.05, 3.63) is 64.4 Å². The summed E-state index contributed by atoms with van der Waals surface area (Å²) in [5, 5.41) is 2.69. The van der Waals surface area contributed by atoms with Crippen molar-refractivity contribution in [2.45, 2.75) is 6.92 Å². The minimum absolute atomic E-state index is 0.0146. The summed E-state index contributed by atoms with van der Waals surface area (Å²) in [6.07, 6.45) is 0. The van der Waals surface area contributed by atoms with Gasteiger partial charge in [-0.25, -0.2) is 4.39 Å². The van der Waals surface area contributed by atoms with Gasteiger partial charge in [-0.3, -0.25) is 9.59 Å². The quantitative estimate of drug-likeness (QED) is 0.930. The van der Waals surface area contributed by atoms with E-state index in [9.17, 15) is 14.0 Å². The van der Waals surface area contributed by atoms with Gasteiger partial charge in [0.2, 0.25) is 5.91 Å². The molecule has 2 aromatic carbocycles. The fourth-order valence-corrected chi connectivity index (χ4v) is 2.26. The van der Waals surface area contributed by atoms with Crippen molar-refractivity contribution in [3.63, 3.8) is 0 Å². The van der Waals surface area contributed by atoms with Crippen LogP contribution in [-0.2, 0) is 4.79 Å². The lowest BCUT2D eigenvalue weighted by molar-refractivity contribution is -0.116. The highest BCUT2D eigenvalue weighted by molar-refractivity contribution is 6.33. The fraction of sp³-hybridized carbons (Fsp3) is 0.176. The summed E-state index contributed by atoms with van der Waals surface area (Å²) in [5.74, 6) is -1.74. The number of aryl methyl sites for hydroxylation is 1. The third kappa shape index (κ3) is 4.29. The van der Waals surface area contributed by atoms with E-state index < -0.39 is 11.7 Å². The zero-order valence-electron chi connectivity index (χ0n) is 12.8. The maximum atomic E-state index is 13.8. The fourth-order valence-electron chi connectivity index (χ4n) is 2.02. The number of carbonyl (C=O) groups is 2. The third-order valence-electron chi connectivity index (χ3n) is 3.24. The number of halogens is 2. The molecule has 2 rings (SSSR count). The van der Waals surface area contributed by atoms with Crippen molar-refractivity contribution < 1.29 is 14.0 Å². The summed E-state index contributed by atoms with van der Waals surface area (Å²) < 4.78 is 13.8. The third-order valence-corrected chi connectivity index (χ3v) is 3.55. The second-order valence-electron chi connectivity index (χ2n) is 5.17. The van der Waals surface area contributed by atoms with Crippen molar-refractivity contribution in [3.8, 4) is 0 Å². The van der Waals surface area contributed by atoms with Crippen molar-refractivity contribution in [2.24, 2.45) is 0 Å². The Morgan fingerprint density at radius 1 is 1.17 bits per heavy atom. The zero-order valence-corrected chi connectivity index (χ0v) is 13.5. The van der Waals surface area contributed by atoms with Crippen LogP contribution in [0.25, 0.3) is 0 Å². The number of nitrogens with zero attached hydrogens (tertiary/aromatic N) is 1. The van der Waals surface area contributed by atoms with Gasteiger partial charge in [0.1, 0.15) is 5.82 Å². The van der Waals surface area contributed by atoms with Gasteiger partial charge < -0.3 is 10.2 Å². The second kappa shape index (κ2) is 7.24. The van der Waals surface area contributed by atoms with Gasteiger partial charge in [0.25, 0.3) is 5.91 Å². The van der Waals surface area contributed by atoms with Crippen molar-refractivity contribution in [1.29, 1.82) is 0 Å². The van der Waals surface area contributed by atoms with Gasteiger partial charge in [0.05, 0.1) is 17.1 Å². The van der Waals surface area contributed by atoms with Gasteiger partial charge in [0.15, 0.2) is 0 Å². The first-order chi connectivity index (χ1) is 10.9. The Kier molecular flexibility index (Phi) is 5.34. The molecule has 1 N–H and O–H groups in total. The molecule has 0 spiro atoms. The van der Waals surface area contributed by atoms with Crippen molar-refractivity contribution in [2.75, 3.05) is 18.9 Å². The Labute approximate surface area is 138 Å². The van der Waals surface area contributed by atoms with Crippen LogP contribution in [0.15, 0.2) is 42.5 Å². The Hall–Kier alpha value is -2.40. The predicted octanol–water partition coefficient (Wildman–Crippen LogP) is 3.50. The lowest BCUT2D eigenvalue weighted by Crippen LogP contribution is -2.35. The monoisotopic (exact) mass is 334 g/mol. The molecule has 2 amide bonds. The molecular weight excluding hydrogens is 319 g/mol. The van der Waals surface area contributed by atoms with E-state index in [2.05, 4.69) is 5.32 Å². The number of benzene rings is 2. The molecule has 0 bridgehead atoms. The topological polar surface area (TPSA) is 49.4 Å². The highest BCUT2D eigenvalue weighted by Gasteiger charge is 2.21. The average molecular weight is 335 g/mol. The molecule has 4 nitrogen and oxygen atoms in total. The largest absolute Gasteiger partial charge is 0.332 e. The summed E-state index contributed by atoms with van der Waals surface area (Å²) >= 11 is 5.86. The normalized spacial score (nSPS) is 10.3. The van der Waals surface area contributed by atoms with Crippen LogP contribution < -0.4 is 5.32 Å². The van der Waals surface area contributed by atoms with E-state index in [4.69, 9.17) is 11.6 Å². The van der Waals surface area contributed by atoms with Crippen molar-refractivity contribution >= 4 is 29.1 Å². The number of nitrogens with one attached hydrogen (secondary N) is 1. The van der Waals surface area contributed by atoms with Gasteiger partial charge >= 0.3 is 0 Å².